The van der Waals surface area contributed by atoms with Crippen LogP contribution in [0, 0.1) is 11.6 Å². The Morgan fingerprint density at radius 2 is 1.52 bits per heavy atom. The summed E-state index contributed by atoms with van der Waals surface area (Å²) in [5.41, 5.74) is 1.75. The first-order valence-electron chi connectivity index (χ1n) is 15.5. The van der Waals surface area contributed by atoms with Gasteiger partial charge in [0.25, 0.3) is 0 Å². The van der Waals surface area contributed by atoms with Gasteiger partial charge in [0.05, 0.1) is 17.7 Å². The molecule has 0 heterocycles. The van der Waals surface area contributed by atoms with Gasteiger partial charge in [0.1, 0.15) is 22.2 Å². The third kappa shape index (κ3) is 9.73. The zero-order chi connectivity index (χ0) is 37.6. The van der Waals surface area contributed by atoms with E-state index < -0.39 is 49.2 Å². The molecule has 9 nitrogen and oxygen atoms in total. The molecule has 52 heavy (non-hydrogen) atoms. The van der Waals surface area contributed by atoms with Crippen LogP contribution in [0.15, 0.2) is 102 Å². The van der Waals surface area contributed by atoms with Crippen LogP contribution in [0.4, 0.5) is 8.78 Å². The standard InChI is InChI=1S/C37H31Cl2F2NO8S2/c1-49-34-4-2-3-31(36(34)41)33(43)14-9-25-15-26(17-30(16-25)50-29-12-10-28(40)11-13-29)21-42(20-23-5-7-24(8-6-23)22-51(45)46)52(47,48)35-19-27(38)18-32(39)37(35)44/h2-8,10-13,15-19,44H,9,14,20-22H2,1H3,(H,45,46)/p-1. The van der Waals surface area contributed by atoms with E-state index in [9.17, 15) is 35.9 Å². The second-order valence-corrected chi connectivity index (χ2v) is 15.2. The van der Waals surface area contributed by atoms with Crippen molar-refractivity contribution in [2.75, 3.05) is 7.11 Å². The summed E-state index contributed by atoms with van der Waals surface area (Å²) in [6, 6.07) is 22.9. The lowest BCUT2D eigenvalue weighted by molar-refractivity contribution is 0.0978. The van der Waals surface area contributed by atoms with Crippen LogP contribution >= 0.6 is 23.2 Å². The minimum Gasteiger partial charge on any atom is -0.772 e. The molecule has 1 atom stereocenters. The smallest absolute Gasteiger partial charge is 0.247 e. The largest absolute Gasteiger partial charge is 0.772 e. The highest BCUT2D eigenvalue weighted by Gasteiger charge is 2.30. The van der Waals surface area contributed by atoms with Crippen LogP contribution in [-0.2, 0) is 46.4 Å². The van der Waals surface area contributed by atoms with Crippen molar-refractivity contribution in [3.8, 4) is 23.0 Å². The van der Waals surface area contributed by atoms with E-state index in [0.29, 0.717) is 22.3 Å². The molecule has 0 radical (unpaired) electrons. The number of Topliss-reactive ketones (excluding diaryl/α,β-unsaturated/α-hetero) is 1. The fraction of sp³-hybridized carbons (Fsp3) is 0.162. The average Bonchev–Trinajstić information content (AvgIpc) is 3.10. The number of hydrogen-bond donors (Lipinski definition) is 1. The lowest BCUT2D eigenvalue weighted by Crippen LogP contribution is -2.30. The van der Waals surface area contributed by atoms with Crippen LogP contribution in [0.3, 0.4) is 0 Å². The first kappa shape index (κ1) is 38.9. The highest BCUT2D eigenvalue weighted by atomic mass is 35.5. The van der Waals surface area contributed by atoms with E-state index in [-0.39, 0.29) is 64.5 Å². The Morgan fingerprint density at radius 1 is 0.865 bits per heavy atom. The monoisotopic (exact) mass is 788 g/mol. The van der Waals surface area contributed by atoms with Gasteiger partial charge in [0.15, 0.2) is 23.1 Å². The fourth-order valence-electron chi connectivity index (χ4n) is 5.33. The second-order valence-electron chi connectivity index (χ2n) is 11.6. The number of sulfonamides is 1. The fourth-order valence-corrected chi connectivity index (χ4v) is 7.95. The van der Waals surface area contributed by atoms with Gasteiger partial charge >= 0.3 is 0 Å². The molecule has 0 aliphatic heterocycles. The number of hydrogen-bond acceptors (Lipinski definition) is 8. The molecule has 272 valence electrons. The summed E-state index contributed by atoms with van der Waals surface area (Å²) in [4.78, 5) is 12.6. The van der Waals surface area contributed by atoms with Crippen LogP contribution in [-0.4, -0.2) is 39.5 Å². The van der Waals surface area contributed by atoms with Crippen LogP contribution in [0.2, 0.25) is 10.0 Å². The quantitative estimate of drug-likeness (QED) is 0.0827. The summed E-state index contributed by atoms with van der Waals surface area (Å²) < 4.78 is 91.4. The van der Waals surface area contributed by atoms with Crippen LogP contribution in [0.1, 0.15) is 39.0 Å². The maximum atomic E-state index is 14.9. The van der Waals surface area contributed by atoms with Crippen molar-refractivity contribution in [1.29, 1.82) is 0 Å². The molecule has 1 N–H and O–H groups in total. The molecule has 0 saturated heterocycles. The number of phenolic OH excluding ortho intramolecular Hbond substituents is 1. The zero-order valence-corrected chi connectivity index (χ0v) is 30.5. The Labute approximate surface area is 311 Å². The van der Waals surface area contributed by atoms with Gasteiger partial charge in [-0.15, -0.1) is 0 Å². The summed E-state index contributed by atoms with van der Waals surface area (Å²) in [6.07, 6.45) is -0.0238. The van der Waals surface area contributed by atoms with Gasteiger partial charge in [-0.3, -0.25) is 9.00 Å². The van der Waals surface area contributed by atoms with Crippen molar-refractivity contribution in [2.45, 2.75) is 36.6 Å². The number of nitrogens with zero attached hydrogens (tertiary/aromatic N) is 1. The Hall–Kier alpha value is -4.37. The van der Waals surface area contributed by atoms with E-state index in [4.69, 9.17) is 32.7 Å². The molecule has 0 aromatic heterocycles. The SMILES string of the molecule is COc1cccc(C(=O)CCc2cc(CN(Cc3ccc(CS(=O)[O-])cc3)S(=O)(=O)c3cc(Cl)cc(Cl)c3O)cc(Oc3ccc(F)cc3)c2)c1F. The number of carbonyl (C=O) groups is 1. The number of carbonyl (C=O) groups excluding carboxylic acids is 1. The Balaban J connectivity index is 1.53. The molecule has 0 aliphatic carbocycles. The van der Waals surface area contributed by atoms with E-state index >= 15 is 0 Å². The summed E-state index contributed by atoms with van der Waals surface area (Å²) in [7, 11) is -3.25. The number of aromatic hydroxyl groups is 1. The Kier molecular flexibility index (Phi) is 12.7. The number of halogens is 4. The van der Waals surface area contributed by atoms with Crippen LogP contribution in [0.25, 0.3) is 0 Å². The highest BCUT2D eigenvalue weighted by Crippen LogP contribution is 2.37. The van der Waals surface area contributed by atoms with E-state index in [1.807, 2.05) is 0 Å². The summed E-state index contributed by atoms with van der Waals surface area (Å²) >= 11 is 9.92. The number of aryl methyl sites for hydroxylation is 1. The number of benzene rings is 5. The van der Waals surface area contributed by atoms with Gasteiger partial charge < -0.3 is 19.1 Å². The maximum absolute atomic E-state index is 14.9. The normalized spacial score (nSPS) is 12.1. The third-order valence-electron chi connectivity index (χ3n) is 7.84. The van der Waals surface area contributed by atoms with E-state index in [1.165, 1.54) is 55.6 Å². The lowest BCUT2D eigenvalue weighted by Gasteiger charge is -2.24. The Bertz CT molecular complexity index is 2220. The predicted molar refractivity (Wildman–Crippen MR) is 192 cm³/mol. The number of methoxy groups -OCH3 is 1. The van der Waals surface area contributed by atoms with E-state index in [2.05, 4.69) is 0 Å². The first-order chi connectivity index (χ1) is 24.7. The molecular formula is C37H30Cl2F2NO8S2-. The number of ketones is 1. The van der Waals surface area contributed by atoms with Crippen molar-refractivity contribution in [3.63, 3.8) is 0 Å². The van der Waals surface area contributed by atoms with Gasteiger partial charge in [-0.05, 0) is 89.3 Å². The predicted octanol–water partition coefficient (Wildman–Crippen LogP) is 8.36. The summed E-state index contributed by atoms with van der Waals surface area (Å²) in [6.45, 7) is -0.539. The molecule has 0 bridgehead atoms. The van der Waals surface area contributed by atoms with Gasteiger partial charge in [-0.1, -0.05) is 70.7 Å². The van der Waals surface area contributed by atoms with Gasteiger partial charge in [0.2, 0.25) is 10.0 Å². The number of ether oxygens (including phenoxy) is 2. The van der Waals surface area contributed by atoms with Crippen molar-refractivity contribution in [2.24, 2.45) is 0 Å². The molecule has 15 heteroatoms. The molecule has 0 amide bonds. The molecule has 1 unspecified atom stereocenters. The second kappa shape index (κ2) is 17.0. The van der Waals surface area contributed by atoms with E-state index in [0.717, 1.165) is 10.4 Å². The van der Waals surface area contributed by atoms with Gasteiger partial charge in [-0.2, -0.15) is 4.31 Å². The molecular weight excluding hydrogens is 759 g/mol. The minimum absolute atomic E-state index is 0.0367. The van der Waals surface area contributed by atoms with Crippen molar-refractivity contribution in [3.05, 3.63) is 147 Å². The summed E-state index contributed by atoms with van der Waals surface area (Å²) in [5.74, 6) is -2.26. The lowest BCUT2D eigenvalue weighted by atomic mass is 10.0. The maximum Gasteiger partial charge on any atom is 0.247 e. The molecule has 0 aliphatic rings. The Morgan fingerprint density at radius 3 is 2.19 bits per heavy atom. The van der Waals surface area contributed by atoms with Gasteiger partial charge in [-0.25, -0.2) is 17.2 Å². The van der Waals surface area contributed by atoms with Gasteiger partial charge in [0, 0.05) is 30.3 Å². The van der Waals surface area contributed by atoms with Crippen LogP contribution < -0.4 is 9.47 Å². The highest BCUT2D eigenvalue weighted by molar-refractivity contribution is 7.89. The van der Waals surface area contributed by atoms with Crippen molar-refractivity contribution in [1.82, 2.24) is 4.31 Å². The van der Waals surface area contributed by atoms with Crippen molar-refractivity contribution < 1.29 is 45.3 Å². The first-order valence-corrected chi connectivity index (χ1v) is 18.9. The third-order valence-corrected chi connectivity index (χ3v) is 10.7. The molecule has 0 fully saturated rings. The minimum atomic E-state index is -4.54. The average molecular weight is 790 g/mol. The molecule has 5 aromatic rings. The molecule has 5 aromatic carbocycles. The molecule has 0 saturated carbocycles. The number of rotatable bonds is 15. The zero-order valence-electron chi connectivity index (χ0n) is 27.4. The summed E-state index contributed by atoms with van der Waals surface area (Å²) in [5, 5.41) is 10.4. The van der Waals surface area contributed by atoms with Crippen LogP contribution in [0.5, 0.6) is 23.0 Å². The topological polar surface area (TPSA) is 133 Å². The molecule has 5 rings (SSSR count). The number of phenols is 1. The van der Waals surface area contributed by atoms with Crippen molar-refractivity contribution >= 4 is 50.1 Å². The van der Waals surface area contributed by atoms with E-state index in [1.54, 1.807) is 42.5 Å². The molecule has 0 spiro atoms.